The van der Waals surface area contributed by atoms with Gasteiger partial charge in [-0.15, -0.1) is 0 Å². The fourth-order valence-electron chi connectivity index (χ4n) is 3.52. The number of unbranched alkanes of at least 4 members (excludes halogenated alkanes) is 1. The molecule has 176 valence electrons. The maximum Gasteiger partial charge on any atom is 0.492 e. The summed E-state index contributed by atoms with van der Waals surface area (Å²) in [7, 11) is -0.552. The van der Waals surface area contributed by atoms with Crippen LogP contribution in [0.2, 0.25) is 0 Å². The molecule has 2 aromatic carbocycles. The topological polar surface area (TPSA) is 56.8 Å². The summed E-state index contributed by atoms with van der Waals surface area (Å²) < 4.78 is 17.9. The zero-order valence-corrected chi connectivity index (χ0v) is 20.5. The van der Waals surface area contributed by atoms with Crippen molar-refractivity contribution < 1.29 is 18.8 Å². The van der Waals surface area contributed by atoms with E-state index in [9.17, 15) is 4.79 Å². The molecule has 0 atom stereocenters. The highest BCUT2D eigenvalue weighted by Gasteiger charge is 2.52. The van der Waals surface area contributed by atoms with Gasteiger partial charge in [-0.25, -0.2) is 4.79 Å². The number of hydrogen-bond donors (Lipinski definition) is 1. The van der Waals surface area contributed by atoms with Crippen LogP contribution in [-0.4, -0.2) is 31.0 Å². The quantitative estimate of drug-likeness (QED) is 0.479. The van der Waals surface area contributed by atoms with Gasteiger partial charge in [-0.1, -0.05) is 74.0 Å². The Morgan fingerprint density at radius 3 is 2.21 bits per heavy atom. The van der Waals surface area contributed by atoms with Gasteiger partial charge in [0.15, 0.2) is 0 Å². The molecule has 1 N–H and O–H groups in total. The van der Waals surface area contributed by atoms with Gasteiger partial charge in [0.25, 0.3) is 0 Å². The third-order valence-corrected chi connectivity index (χ3v) is 6.36. The Hall–Kier alpha value is -2.57. The Kier molecular flexibility index (Phi) is 8.38. The Morgan fingerprint density at radius 2 is 1.61 bits per heavy atom. The van der Waals surface area contributed by atoms with E-state index < -0.39 is 24.4 Å². The molecule has 1 heterocycles. The minimum Gasteiger partial charge on any atom is -0.445 e. The normalized spacial score (nSPS) is 17.1. The maximum absolute atomic E-state index is 12.3. The van der Waals surface area contributed by atoms with E-state index in [4.69, 9.17) is 14.0 Å². The molecule has 0 bridgehead atoms. The molecule has 5 nitrogen and oxygen atoms in total. The number of nitrogens with one attached hydrogen (secondary N) is 1. The van der Waals surface area contributed by atoms with Gasteiger partial charge < -0.3 is 19.4 Å². The summed E-state index contributed by atoms with van der Waals surface area (Å²) in [6, 6.07) is 18.1. The van der Waals surface area contributed by atoms with Crippen LogP contribution in [0.3, 0.4) is 0 Å². The van der Waals surface area contributed by atoms with Crippen LogP contribution in [0.4, 0.5) is 4.79 Å². The van der Waals surface area contributed by atoms with Gasteiger partial charge in [-0.3, -0.25) is 0 Å². The molecule has 0 aliphatic carbocycles. The van der Waals surface area contributed by atoms with Gasteiger partial charge in [0.1, 0.15) is 6.61 Å². The van der Waals surface area contributed by atoms with Crippen molar-refractivity contribution in [2.45, 2.75) is 71.7 Å². The molecule has 0 spiro atoms. The summed E-state index contributed by atoms with van der Waals surface area (Å²) in [6.45, 7) is 10.8. The predicted molar refractivity (Wildman–Crippen MR) is 134 cm³/mol. The van der Waals surface area contributed by atoms with Crippen LogP contribution < -0.4 is 5.32 Å². The lowest BCUT2D eigenvalue weighted by atomic mass is 9.77. The monoisotopic (exact) mass is 449 g/mol. The minimum atomic E-state index is -0.552. The first kappa shape index (κ1) is 25.1. The molecule has 3 rings (SSSR count). The first-order valence-corrected chi connectivity index (χ1v) is 11.8. The molecule has 0 radical (unpaired) electrons. The molecule has 0 aromatic heterocycles. The number of alkyl carbamates (subject to hydrolysis) is 1. The van der Waals surface area contributed by atoms with Crippen molar-refractivity contribution in [2.75, 3.05) is 6.54 Å². The van der Waals surface area contributed by atoms with Crippen molar-refractivity contribution in [3.8, 4) is 0 Å². The number of aryl methyl sites for hydroxylation is 1. The highest BCUT2D eigenvalue weighted by atomic mass is 16.7. The van der Waals surface area contributed by atoms with Crippen LogP contribution in [-0.2, 0) is 27.1 Å². The second-order valence-corrected chi connectivity index (χ2v) is 9.57. The Labute approximate surface area is 198 Å². The summed E-state index contributed by atoms with van der Waals surface area (Å²) in [5.74, 6) is 0. The molecular weight excluding hydrogens is 413 g/mol. The van der Waals surface area contributed by atoms with Crippen molar-refractivity contribution >= 4 is 19.3 Å². The summed E-state index contributed by atoms with van der Waals surface area (Å²) in [6.07, 6.45) is 5.00. The summed E-state index contributed by atoms with van der Waals surface area (Å²) in [4.78, 5) is 12.3. The van der Waals surface area contributed by atoms with E-state index in [1.54, 1.807) is 0 Å². The third kappa shape index (κ3) is 6.96. The van der Waals surface area contributed by atoms with E-state index in [0.29, 0.717) is 0 Å². The molecule has 0 saturated carbocycles. The minimum absolute atomic E-state index is 0.224. The Balaban J connectivity index is 1.70. The number of rotatable bonds is 9. The Bertz CT molecular complexity index is 922. The molecule has 6 heteroatoms. The SMILES string of the molecule is CCCCc1ccc(C=C(CNC(=O)OCc2ccccc2)B2OC(C)(C)C(C)(C)O2)cc1. The first-order chi connectivity index (χ1) is 15.7. The number of benzene rings is 2. The van der Waals surface area contributed by atoms with Crippen LogP contribution in [0.1, 0.15) is 64.2 Å². The molecule has 1 aliphatic heterocycles. The van der Waals surface area contributed by atoms with E-state index in [1.807, 2.05) is 64.1 Å². The lowest BCUT2D eigenvalue weighted by Crippen LogP contribution is -2.41. The van der Waals surface area contributed by atoms with Crippen LogP contribution in [0.25, 0.3) is 6.08 Å². The van der Waals surface area contributed by atoms with Gasteiger partial charge in [0, 0.05) is 6.54 Å². The van der Waals surface area contributed by atoms with E-state index in [2.05, 4.69) is 36.5 Å². The van der Waals surface area contributed by atoms with Crippen LogP contribution >= 0.6 is 0 Å². The fourth-order valence-corrected chi connectivity index (χ4v) is 3.52. The van der Waals surface area contributed by atoms with Gasteiger partial charge in [-0.05, 0) is 62.7 Å². The standard InChI is InChI=1S/C27H36BNO4/c1-6-7-11-21-14-16-22(17-15-21)18-24(28-32-26(2,3)27(4,5)33-28)19-29-25(30)31-20-23-12-9-8-10-13-23/h8-10,12-18H,6-7,11,19-20H2,1-5H3,(H,29,30). The largest absolute Gasteiger partial charge is 0.492 e. The number of carbonyl (C=O) groups excluding carboxylic acids is 1. The first-order valence-electron chi connectivity index (χ1n) is 11.8. The average Bonchev–Trinajstić information content (AvgIpc) is 3.02. The zero-order valence-electron chi connectivity index (χ0n) is 20.5. The Morgan fingerprint density at radius 1 is 0.970 bits per heavy atom. The molecule has 1 saturated heterocycles. The predicted octanol–water partition coefficient (Wildman–Crippen LogP) is 5.97. The molecule has 33 heavy (non-hydrogen) atoms. The van der Waals surface area contributed by atoms with E-state index >= 15 is 0 Å². The van der Waals surface area contributed by atoms with Gasteiger partial charge >= 0.3 is 13.2 Å². The van der Waals surface area contributed by atoms with E-state index in [0.717, 1.165) is 23.0 Å². The molecule has 1 aliphatic rings. The number of carbonyl (C=O) groups is 1. The molecular formula is C27H36BNO4. The highest BCUT2D eigenvalue weighted by molar-refractivity contribution is 6.56. The number of hydrogen-bond acceptors (Lipinski definition) is 4. The highest BCUT2D eigenvalue weighted by Crippen LogP contribution is 2.38. The second kappa shape index (κ2) is 11.0. The lowest BCUT2D eigenvalue weighted by molar-refractivity contribution is 0.00578. The molecule has 1 amide bonds. The van der Waals surface area contributed by atoms with Crippen LogP contribution in [0, 0.1) is 0 Å². The van der Waals surface area contributed by atoms with E-state index in [-0.39, 0.29) is 13.2 Å². The smallest absolute Gasteiger partial charge is 0.445 e. The van der Waals surface area contributed by atoms with Crippen molar-refractivity contribution in [1.82, 2.24) is 5.32 Å². The van der Waals surface area contributed by atoms with E-state index in [1.165, 1.54) is 18.4 Å². The summed E-state index contributed by atoms with van der Waals surface area (Å²) >= 11 is 0. The van der Waals surface area contributed by atoms with Gasteiger partial charge in [0.2, 0.25) is 0 Å². The van der Waals surface area contributed by atoms with Crippen molar-refractivity contribution in [2.24, 2.45) is 0 Å². The molecule has 2 aromatic rings. The van der Waals surface area contributed by atoms with Crippen molar-refractivity contribution in [1.29, 1.82) is 0 Å². The van der Waals surface area contributed by atoms with Crippen LogP contribution in [0.5, 0.6) is 0 Å². The third-order valence-electron chi connectivity index (χ3n) is 6.36. The number of amides is 1. The maximum atomic E-state index is 12.3. The average molecular weight is 449 g/mol. The summed E-state index contributed by atoms with van der Waals surface area (Å²) in [5.41, 5.74) is 3.22. The summed E-state index contributed by atoms with van der Waals surface area (Å²) in [5, 5.41) is 2.85. The van der Waals surface area contributed by atoms with Gasteiger partial charge in [0.05, 0.1) is 11.2 Å². The lowest BCUT2D eigenvalue weighted by Gasteiger charge is -2.32. The van der Waals surface area contributed by atoms with Gasteiger partial charge in [-0.2, -0.15) is 0 Å². The zero-order chi connectivity index (χ0) is 23.9. The van der Waals surface area contributed by atoms with Crippen LogP contribution in [0.15, 0.2) is 60.1 Å². The van der Waals surface area contributed by atoms with Crippen molar-refractivity contribution in [3.05, 3.63) is 76.8 Å². The second-order valence-electron chi connectivity index (χ2n) is 9.57. The molecule has 0 unspecified atom stereocenters. The fraction of sp³-hybridized carbons (Fsp3) is 0.444. The number of ether oxygens (including phenoxy) is 1. The van der Waals surface area contributed by atoms with Crippen molar-refractivity contribution in [3.63, 3.8) is 0 Å². The molecule has 1 fully saturated rings.